The molecule has 5 rings (SSSR count). The third-order valence-corrected chi connectivity index (χ3v) is 5.63. The average Bonchev–Trinajstić information content (AvgIpc) is 3.16. The molecule has 0 bridgehead atoms. The minimum atomic E-state index is -0.479. The number of hydrogen-bond donors (Lipinski definition) is 0. The van der Waals surface area contributed by atoms with Crippen LogP contribution in [0, 0.1) is 11.3 Å². The Labute approximate surface area is 168 Å². The van der Waals surface area contributed by atoms with Crippen LogP contribution in [0.2, 0.25) is 0 Å². The van der Waals surface area contributed by atoms with Crippen molar-refractivity contribution in [1.82, 2.24) is 0 Å². The fourth-order valence-electron chi connectivity index (χ4n) is 4.33. The maximum atomic E-state index is 13.5. The van der Waals surface area contributed by atoms with Crippen LogP contribution in [0.5, 0.6) is 0 Å². The van der Waals surface area contributed by atoms with Gasteiger partial charge >= 0.3 is 0 Å². The Morgan fingerprint density at radius 3 is 2.14 bits per heavy atom. The predicted molar refractivity (Wildman–Crippen MR) is 110 cm³/mol. The van der Waals surface area contributed by atoms with Gasteiger partial charge in [0.15, 0.2) is 5.78 Å². The molecular formula is C25H16N2O2. The number of benzene rings is 3. The summed E-state index contributed by atoms with van der Waals surface area (Å²) in [5.41, 5.74) is 3.86. The zero-order valence-corrected chi connectivity index (χ0v) is 15.5. The molecule has 1 heterocycles. The summed E-state index contributed by atoms with van der Waals surface area (Å²) in [7, 11) is 0. The molecule has 1 unspecified atom stereocenters. The maximum absolute atomic E-state index is 13.5. The summed E-state index contributed by atoms with van der Waals surface area (Å²) in [5.74, 6) is -0.630. The van der Waals surface area contributed by atoms with Crippen molar-refractivity contribution in [1.29, 1.82) is 5.26 Å². The summed E-state index contributed by atoms with van der Waals surface area (Å²) < 4.78 is 0. The van der Waals surface area contributed by atoms with Crippen molar-refractivity contribution < 1.29 is 9.59 Å². The lowest BCUT2D eigenvalue weighted by Crippen LogP contribution is -2.31. The van der Waals surface area contributed by atoms with Crippen LogP contribution in [-0.4, -0.2) is 11.6 Å². The van der Waals surface area contributed by atoms with Crippen LogP contribution in [0.25, 0.3) is 0 Å². The Bertz CT molecular complexity index is 1230. The van der Waals surface area contributed by atoms with Gasteiger partial charge in [0.25, 0.3) is 0 Å². The summed E-state index contributed by atoms with van der Waals surface area (Å²) in [6.07, 6.45) is 0. The number of Topliss-reactive ketones (excluding diaryl/α,β-unsaturated/α-hetero) is 2. The van der Waals surface area contributed by atoms with Crippen molar-refractivity contribution in [3.8, 4) is 6.07 Å². The molecule has 0 fully saturated rings. The minimum Gasteiger partial charge on any atom is -0.356 e. The van der Waals surface area contributed by atoms with Crippen molar-refractivity contribution in [2.45, 2.75) is 12.6 Å². The second-order valence-electron chi connectivity index (χ2n) is 7.17. The lowest BCUT2D eigenvalue weighted by molar-refractivity contribution is 0.0973. The highest BCUT2D eigenvalue weighted by molar-refractivity contribution is 6.29. The molecule has 3 aromatic rings. The van der Waals surface area contributed by atoms with Gasteiger partial charge in [0, 0.05) is 28.9 Å². The van der Waals surface area contributed by atoms with E-state index >= 15 is 0 Å². The predicted octanol–water partition coefficient (Wildman–Crippen LogP) is 4.65. The van der Waals surface area contributed by atoms with Crippen LogP contribution in [0.15, 0.2) is 90.0 Å². The first-order valence-electron chi connectivity index (χ1n) is 9.43. The number of anilines is 1. The summed E-state index contributed by atoms with van der Waals surface area (Å²) in [6, 6.07) is 26.0. The molecule has 138 valence electrons. The number of nitriles is 1. The monoisotopic (exact) mass is 376 g/mol. The number of allylic oxidation sites excluding steroid dienone is 1. The number of ketones is 2. The van der Waals surface area contributed by atoms with Gasteiger partial charge in [-0.05, 0) is 23.3 Å². The van der Waals surface area contributed by atoms with Gasteiger partial charge in [-0.15, -0.1) is 0 Å². The largest absolute Gasteiger partial charge is 0.356 e. The van der Waals surface area contributed by atoms with E-state index in [2.05, 4.69) is 4.90 Å². The minimum absolute atomic E-state index is 0.0589. The summed E-state index contributed by atoms with van der Waals surface area (Å²) in [5, 5.41) is 9.84. The van der Waals surface area contributed by atoms with Gasteiger partial charge in [0.2, 0.25) is 5.78 Å². The molecule has 1 aliphatic heterocycles. The number of carbonyl (C=O) groups excluding carboxylic acids is 2. The number of hydrogen-bond acceptors (Lipinski definition) is 4. The van der Waals surface area contributed by atoms with Gasteiger partial charge < -0.3 is 4.90 Å². The van der Waals surface area contributed by atoms with Gasteiger partial charge in [-0.2, -0.15) is 5.26 Å². The van der Waals surface area contributed by atoms with Gasteiger partial charge in [-0.1, -0.05) is 66.7 Å². The Morgan fingerprint density at radius 2 is 1.41 bits per heavy atom. The lowest BCUT2D eigenvalue weighted by Gasteiger charge is -2.31. The zero-order valence-electron chi connectivity index (χ0n) is 15.5. The van der Waals surface area contributed by atoms with E-state index in [1.807, 2.05) is 60.7 Å². The van der Waals surface area contributed by atoms with E-state index < -0.39 is 6.04 Å². The highest BCUT2D eigenvalue weighted by atomic mass is 16.1. The molecule has 4 heteroatoms. The molecule has 2 aliphatic rings. The number of nitrogens with zero attached hydrogens (tertiary/aromatic N) is 2. The first-order chi connectivity index (χ1) is 14.2. The smallest absolute Gasteiger partial charge is 0.204 e. The normalized spacial score (nSPS) is 17.8. The molecule has 0 radical (unpaired) electrons. The second kappa shape index (κ2) is 6.57. The Hall–Kier alpha value is -3.97. The molecule has 3 aromatic carbocycles. The molecule has 0 N–H and O–H groups in total. The lowest BCUT2D eigenvalue weighted by atomic mass is 9.79. The number of rotatable bonds is 2. The van der Waals surface area contributed by atoms with Crippen molar-refractivity contribution in [3.05, 3.63) is 112 Å². The molecule has 0 aromatic heterocycles. The fourth-order valence-corrected chi connectivity index (χ4v) is 4.33. The molecule has 1 atom stereocenters. The van der Waals surface area contributed by atoms with E-state index in [4.69, 9.17) is 0 Å². The van der Waals surface area contributed by atoms with Crippen LogP contribution in [-0.2, 0) is 6.54 Å². The molecular weight excluding hydrogens is 360 g/mol. The number of fused-ring (bicyclic) bond motifs is 2. The molecule has 0 saturated carbocycles. The quantitative estimate of drug-likeness (QED) is 0.653. The van der Waals surface area contributed by atoms with Crippen LogP contribution >= 0.6 is 0 Å². The highest BCUT2D eigenvalue weighted by Gasteiger charge is 2.42. The van der Waals surface area contributed by atoms with Gasteiger partial charge in [0.05, 0.1) is 6.04 Å². The van der Waals surface area contributed by atoms with E-state index in [9.17, 15) is 14.9 Å². The van der Waals surface area contributed by atoms with Gasteiger partial charge in [0.1, 0.15) is 11.6 Å². The van der Waals surface area contributed by atoms with Crippen LogP contribution in [0.4, 0.5) is 5.69 Å². The molecule has 0 spiro atoms. The summed E-state index contributed by atoms with van der Waals surface area (Å²) >= 11 is 0. The van der Waals surface area contributed by atoms with Crippen molar-refractivity contribution in [3.63, 3.8) is 0 Å². The van der Waals surface area contributed by atoms with E-state index in [-0.39, 0.29) is 22.7 Å². The second-order valence-corrected chi connectivity index (χ2v) is 7.17. The third kappa shape index (κ3) is 2.52. The SMILES string of the molecule is N#CC1=C(C2c3ccccc3CN2c2ccccc2)C(=O)c2ccccc2C1=O. The van der Waals surface area contributed by atoms with E-state index in [0.717, 1.165) is 16.8 Å². The molecule has 4 nitrogen and oxygen atoms in total. The Kier molecular flexibility index (Phi) is 3.89. The average molecular weight is 376 g/mol. The molecule has 29 heavy (non-hydrogen) atoms. The standard InChI is InChI=1S/C25H16N2O2/c26-14-21-22(25(29)20-13-7-6-12-19(20)24(21)28)23-18-11-5-4-8-16(18)15-27(23)17-9-2-1-3-10-17/h1-13,23H,15H2. The first-order valence-corrected chi connectivity index (χ1v) is 9.43. The van der Waals surface area contributed by atoms with E-state index in [1.165, 1.54) is 0 Å². The topological polar surface area (TPSA) is 61.2 Å². The summed E-state index contributed by atoms with van der Waals surface area (Å²) in [6.45, 7) is 0.607. The van der Waals surface area contributed by atoms with Crippen LogP contribution < -0.4 is 4.90 Å². The van der Waals surface area contributed by atoms with Crippen LogP contribution in [0.3, 0.4) is 0 Å². The van der Waals surface area contributed by atoms with Gasteiger partial charge in [-0.3, -0.25) is 9.59 Å². The van der Waals surface area contributed by atoms with Crippen molar-refractivity contribution >= 4 is 17.3 Å². The van der Waals surface area contributed by atoms with E-state index in [0.29, 0.717) is 17.7 Å². The molecule has 0 amide bonds. The first kappa shape index (κ1) is 17.2. The fraction of sp³-hybridized carbons (Fsp3) is 0.0800. The van der Waals surface area contributed by atoms with E-state index in [1.54, 1.807) is 24.3 Å². The number of para-hydroxylation sites is 1. The maximum Gasteiger partial charge on any atom is 0.204 e. The Morgan fingerprint density at radius 1 is 0.793 bits per heavy atom. The highest BCUT2D eigenvalue weighted by Crippen LogP contribution is 2.45. The van der Waals surface area contributed by atoms with Crippen molar-refractivity contribution in [2.24, 2.45) is 0 Å². The molecule has 1 aliphatic carbocycles. The zero-order chi connectivity index (χ0) is 20.0. The summed E-state index contributed by atoms with van der Waals surface area (Å²) in [4.78, 5) is 28.7. The third-order valence-electron chi connectivity index (χ3n) is 5.63. The molecule has 0 saturated heterocycles. The van der Waals surface area contributed by atoms with Crippen LogP contribution in [0.1, 0.15) is 37.9 Å². The van der Waals surface area contributed by atoms with Crippen molar-refractivity contribution in [2.75, 3.05) is 4.90 Å². The van der Waals surface area contributed by atoms with Gasteiger partial charge in [-0.25, -0.2) is 0 Å². The number of carbonyl (C=O) groups is 2. The Balaban J connectivity index is 1.76.